The number of imidazole rings is 1. The molecule has 0 spiro atoms. The average molecular weight is 405 g/mol. The molecule has 10 heteroatoms. The molecule has 0 aliphatic heterocycles. The second-order valence-electron chi connectivity index (χ2n) is 6.06. The van der Waals surface area contributed by atoms with Crippen LogP contribution in [0.5, 0.6) is 11.5 Å². The zero-order valence-corrected chi connectivity index (χ0v) is 16.2. The number of nitrogens with one attached hydrogen (secondary N) is 2. The Balaban J connectivity index is 1.80. The molecule has 3 aromatic rings. The molecule has 28 heavy (non-hydrogen) atoms. The number of methoxy groups -OCH3 is 1. The van der Waals surface area contributed by atoms with Gasteiger partial charge in [-0.05, 0) is 56.3 Å². The van der Waals surface area contributed by atoms with Gasteiger partial charge in [0.1, 0.15) is 16.4 Å². The van der Waals surface area contributed by atoms with Crippen LogP contribution in [-0.4, -0.2) is 37.7 Å². The molecule has 0 radical (unpaired) electrons. The van der Waals surface area contributed by atoms with Crippen molar-refractivity contribution < 1.29 is 26.9 Å². The summed E-state index contributed by atoms with van der Waals surface area (Å²) in [4.78, 5) is 18.1. The fourth-order valence-electron chi connectivity index (χ4n) is 2.37. The number of aromatic amines is 1. The van der Waals surface area contributed by atoms with Crippen molar-refractivity contribution in [1.29, 1.82) is 0 Å². The molecule has 148 valence electrons. The Bertz CT molecular complexity index is 1090. The Morgan fingerprint density at radius 1 is 1.11 bits per heavy atom. The predicted octanol–water partition coefficient (Wildman–Crippen LogP) is 3.30. The van der Waals surface area contributed by atoms with Crippen molar-refractivity contribution in [3.05, 3.63) is 42.5 Å². The van der Waals surface area contributed by atoms with Gasteiger partial charge in [0.05, 0.1) is 24.2 Å². The summed E-state index contributed by atoms with van der Waals surface area (Å²) in [5.41, 5.74) is 0.886. The number of hydrogen-bond acceptors (Lipinski definition) is 7. The molecule has 0 atom stereocenters. The van der Waals surface area contributed by atoms with Gasteiger partial charge in [0.25, 0.3) is 0 Å². The molecule has 0 saturated carbocycles. The Morgan fingerprint density at radius 3 is 2.43 bits per heavy atom. The third-order valence-corrected chi connectivity index (χ3v) is 4.79. The summed E-state index contributed by atoms with van der Waals surface area (Å²) < 4.78 is 40.3. The van der Waals surface area contributed by atoms with Gasteiger partial charge in [0.2, 0.25) is 5.95 Å². The monoisotopic (exact) mass is 405 g/mol. The number of carbonyl (C=O) groups excluding carboxylic acids is 1. The van der Waals surface area contributed by atoms with E-state index in [0.29, 0.717) is 16.8 Å². The maximum absolute atomic E-state index is 12.6. The number of H-pyrrole nitrogens is 1. The second kappa shape index (κ2) is 7.77. The van der Waals surface area contributed by atoms with Crippen molar-refractivity contribution in [2.45, 2.75) is 24.8 Å². The van der Waals surface area contributed by atoms with Crippen LogP contribution in [0.4, 0.5) is 10.7 Å². The van der Waals surface area contributed by atoms with Crippen LogP contribution in [0.3, 0.4) is 0 Å². The first-order valence-corrected chi connectivity index (χ1v) is 9.73. The standard InChI is InChI=1S/C18H19N3O6S/c1-11(2)26-12-4-6-13(7-5-12)27-28(23,24)14-8-9-15-16(10-14)20-17(19-15)21-18(22)25-3/h4-11H,1-3H3,(H2,19,20,21,22). The second-order valence-corrected chi connectivity index (χ2v) is 7.60. The van der Waals surface area contributed by atoms with Gasteiger partial charge in [-0.2, -0.15) is 8.42 Å². The number of fused-ring (bicyclic) bond motifs is 1. The molecular weight excluding hydrogens is 386 g/mol. The molecule has 0 aliphatic rings. The van der Waals surface area contributed by atoms with Crippen LogP contribution in [-0.2, 0) is 14.9 Å². The lowest BCUT2D eigenvalue weighted by atomic mass is 10.3. The highest BCUT2D eigenvalue weighted by molar-refractivity contribution is 7.87. The minimum atomic E-state index is -4.07. The number of aromatic nitrogens is 2. The van der Waals surface area contributed by atoms with E-state index in [9.17, 15) is 13.2 Å². The van der Waals surface area contributed by atoms with Crippen LogP contribution in [0.15, 0.2) is 47.4 Å². The number of ether oxygens (including phenoxy) is 2. The molecule has 1 aromatic heterocycles. The first-order valence-electron chi connectivity index (χ1n) is 8.33. The van der Waals surface area contributed by atoms with Crippen LogP contribution in [0.2, 0.25) is 0 Å². The molecule has 0 aliphatic carbocycles. The van der Waals surface area contributed by atoms with Crippen molar-refractivity contribution >= 4 is 33.2 Å². The maximum atomic E-state index is 12.6. The minimum Gasteiger partial charge on any atom is -0.491 e. The Labute approximate surface area is 161 Å². The fraction of sp³-hybridized carbons (Fsp3) is 0.222. The van der Waals surface area contributed by atoms with Gasteiger partial charge in [-0.3, -0.25) is 5.32 Å². The molecule has 0 unspecified atom stereocenters. The van der Waals surface area contributed by atoms with Gasteiger partial charge in [0.15, 0.2) is 0 Å². The first kappa shape index (κ1) is 19.5. The minimum absolute atomic E-state index is 0.00893. The summed E-state index contributed by atoms with van der Waals surface area (Å²) >= 11 is 0. The number of benzene rings is 2. The highest BCUT2D eigenvalue weighted by atomic mass is 32.2. The molecule has 2 N–H and O–H groups in total. The summed E-state index contributed by atoms with van der Waals surface area (Å²) in [5, 5.41) is 2.38. The summed E-state index contributed by atoms with van der Waals surface area (Å²) in [7, 11) is -2.84. The quantitative estimate of drug-likeness (QED) is 0.604. The van der Waals surface area contributed by atoms with Gasteiger partial charge in [-0.15, -0.1) is 0 Å². The van der Waals surface area contributed by atoms with E-state index in [0.717, 1.165) is 0 Å². The smallest absolute Gasteiger partial charge is 0.413 e. The summed E-state index contributed by atoms with van der Waals surface area (Å²) in [6, 6.07) is 10.6. The Kier molecular flexibility index (Phi) is 5.41. The Morgan fingerprint density at radius 2 is 1.79 bits per heavy atom. The number of amides is 1. The average Bonchev–Trinajstić information content (AvgIpc) is 3.04. The van der Waals surface area contributed by atoms with Gasteiger partial charge in [-0.1, -0.05) is 0 Å². The van der Waals surface area contributed by atoms with E-state index in [1.165, 1.54) is 37.4 Å². The van der Waals surface area contributed by atoms with Crippen molar-refractivity contribution in [3.8, 4) is 11.5 Å². The van der Waals surface area contributed by atoms with Gasteiger partial charge in [0, 0.05) is 0 Å². The van der Waals surface area contributed by atoms with Crippen LogP contribution in [0, 0.1) is 0 Å². The van der Waals surface area contributed by atoms with E-state index in [4.69, 9.17) is 8.92 Å². The van der Waals surface area contributed by atoms with E-state index in [-0.39, 0.29) is 22.7 Å². The number of carbonyl (C=O) groups is 1. The number of rotatable bonds is 6. The van der Waals surface area contributed by atoms with Gasteiger partial charge >= 0.3 is 16.2 Å². The number of hydrogen-bond donors (Lipinski definition) is 2. The molecule has 3 rings (SSSR count). The summed E-state index contributed by atoms with van der Waals surface area (Å²) in [6.07, 6.45) is -0.685. The van der Waals surface area contributed by atoms with Crippen molar-refractivity contribution in [3.63, 3.8) is 0 Å². The van der Waals surface area contributed by atoms with Crippen molar-refractivity contribution in [1.82, 2.24) is 9.97 Å². The molecule has 0 fully saturated rings. The van der Waals surface area contributed by atoms with Crippen LogP contribution >= 0.6 is 0 Å². The number of nitrogens with zero attached hydrogens (tertiary/aromatic N) is 1. The molecule has 9 nitrogen and oxygen atoms in total. The molecule has 1 amide bonds. The normalized spacial score (nSPS) is 11.4. The third-order valence-electron chi connectivity index (χ3n) is 3.55. The summed E-state index contributed by atoms with van der Waals surface area (Å²) in [6.45, 7) is 3.79. The third kappa shape index (κ3) is 4.52. The maximum Gasteiger partial charge on any atom is 0.413 e. The predicted molar refractivity (Wildman–Crippen MR) is 102 cm³/mol. The Hall–Kier alpha value is -3.27. The molecule has 0 bridgehead atoms. The molecular formula is C18H19N3O6S. The van der Waals surface area contributed by atoms with E-state index < -0.39 is 16.2 Å². The lowest BCUT2D eigenvalue weighted by molar-refractivity contribution is 0.186. The molecule has 1 heterocycles. The van der Waals surface area contributed by atoms with Crippen LogP contribution in [0.1, 0.15) is 13.8 Å². The van der Waals surface area contributed by atoms with Crippen molar-refractivity contribution in [2.75, 3.05) is 12.4 Å². The lowest BCUT2D eigenvalue weighted by Gasteiger charge is -2.11. The number of anilines is 1. The zero-order valence-electron chi connectivity index (χ0n) is 15.4. The first-order chi connectivity index (χ1) is 13.3. The fourth-order valence-corrected chi connectivity index (χ4v) is 3.32. The van der Waals surface area contributed by atoms with Crippen LogP contribution in [0.25, 0.3) is 11.0 Å². The SMILES string of the molecule is COC(=O)Nc1nc2cc(S(=O)(=O)Oc3ccc(OC(C)C)cc3)ccc2[nH]1. The van der Waals surface area contributed by atoms with E-state index in [1.807, 2.05) is 13.8 Å². The largest absolute Gasteiger partial charge is 0.491 e. The van der Waals surface area contributed by atoms with Gasteiger partial charge < -0.3 is 18.6 Å². The lowest BCUT2D eigenvalue weighted by Crippen LogP contribution is -2.11. The van der Waals surface area contributed by atoms with E-state index >= 15 is 0 Å². The highest BCUT2D eigenvalue weighted by Crippen LogP contribution is 2.24. The molecule has 2 aromatic carbocycles. The van der Waals surface area contributed by atoms with Gasteiger partial charge in [-0.25, -0.2) is 9.78 Å². The summed E-state index contributed by atoms with van der Waals surface area (Å²) in [5.74, 6) is 0.910. The topological polar surface area (TPSA) is 120 Å². The van der Waals surface area contributed by atoms with Crippen LogP contribution < -0.4 is 14.2 Å². The highest BCUT2D eigenvalue weighted by Gasteiger charge is 2.19. The van der Waals surface area contributed by atoms with Crippen molar-refractivity contribution in [2.24, 2.45) is 0 Å². The van der Waals surface area contributed by atoms with E-state index in [1.54, 1.807) is 12.1 Å². The zero-order chi connectivity index (χ0) is 20.3. The molecule has 0 saturated heterocycles. The van der Waals surface area contributed by atoms with E-state index in [2.05, 4.69) is 20.0 Å².